The van der Waals surface area contributed by atoms with Gasteiger partial charge in [-0.15, -0.1) is 0 Å². The Labute approximate surface area is 139 Å². The molecule has 0 aliphatic rings. The quantitative estimate of drug-likeness (QED) is 0.645. The maximum absolute atomic E-state index is 12.5. The second-order valence-corrected chi connectivity index (χ2v) is 5.67. The number of hydrogen-bond acceptors (Lipinski definition) is 5. The fourth-order valence-electron chi connectivity index (χ4n) is 2.04. The van der Waals surface area contributed by atoms with Crippen molar-refractivity contribution < 1.29 is 19.4 Å². The molecule has 0 amide bonds. The highest BCUT2D eigenvalue weighted by molar-refractivity contribution is 9.10. The van der Waals surface area contributed by atoms with Gasteiger partial charge in [0, 0.05) is 22.8 Å². The number of aromatic nitrogens is 2. The van der Waals surface area contributed by atoms with Gasteiger partial charge in [-0.1, -0.05) is 6.58 Å². The monoisotopic (exact) mass is 380 g/mol. The van der Waals surface area contributed by atoms with E-state index in [4.69, 9.17) is 4.74 Å². The van der Waals surface area contributed by atoms with Gasteiger partial charge in [0.1, 0.15) is 5.65 Å². The summed E-state index contributed by atoms with van der Waals surface area (Å²) in [5.41, 5.74) is -1.07. The van der Waals surface area contributed by atoms with Crippen LogP contribution in [-0.2, 0) is 11.3 Å². The largest absolute Gasteiger partial charge is 0.477 e. The van der Waals surface area contributed by atoms with Gasteiger partial charge in [-0.05, 0) is 35.8 Å². The van der Waals surface area contributed by atoms with Gasteiger partial charge >= 0.3 is 11.9 Å². The molecule has 2 aromatic heterocycles. The highest BCUT2D eigenvalue weighted by atomic mass is 79.9. The lowest BCUT2D eigenvalue weighted by Crippen LogP contribution is -2.25. The van der Waals surface area contributed by atoms with E-state index >= 15 is 0 Å². The van der Waals surface area contributed by atoms with Crippen LogP contribution in [0.2, 0.25) is 0 Å². The van der Waals surface area contributed by atoms with E-state index < -0.39 is 22.9 Å². The highest BCUT2D eigenvalue weighted by Crippen LogP contribution is 2.24. The molecule has 120 valence electrons. The minimum Gasteiger partial charge on any atom is -0.477 e. The van der Waals surface area contributed by atoms with Gasteiger partial charge in [-0.2, -0.15) is 0 Å². The standard InChI is InChI=1S/C15H13BrN2O5/c1-4-18-12-9(5-8(16)6-17-12)11(19)10(14(20)21)13(18)23-15(22)7(2)3/h5-6H,2,4H2,1,3H3,(H,20,21). The van der Waals surface area contributed by atoms with Crippen molar-refractivity contribution in [2.45, 2.75) is 20.4 Å². The van der Waals surface area contributed by atoms with Crippen LogP contribution >= 0.6 is 15.9 Å². The molecule has 0 radical (unpaired) electrons. The summed E-state index contributed by atoms with van der Waals surface area (Å²) in [6, 6.07) is 1.48. The van der Waals surface area contributed by atoms with Crippen LogP contribution < -0.4 is 10.2 Å². The summed E-state index contributed by atoms with van der Waals surface area (Å²) < 4.78 is 7.00. The molecular formula is C15H13BrN2O5. The van der Waals surface area contributed by atoms with Gasteiger partial charge in [0.05, 0.1) is 5.39 Å². The molecule has 23 heavy (non-hydrogen) atoms. The molecule has 0 aromatic carbocycles. The predicted octanol–water partition coefficient (Wildman–Crippen LogP) is 2.36. The fraction of sp³-hybridized carbons (Fsp3) is 0.200. The van der Waals surface area contributed by atoms with E-state index in [9.17, 15) is 19.5 Å². The maximum Gasteiger partial charge on any atom is 0.345 e. The van der Waals surface area contributed by atoms with Crippen molar-refractivity contribution in [3.63, 3.8) is 0 Å². The third kappa shape index (κ3) is 3.02. The normalized spacial score (nSPS) is 10.6. The van der Waals surface area contributed by atoms with E-state index in [-0.39, 0.29) is 29.0 Å². The number of carboxylic acid groups (broad SMARTS) is 1. The van der Waals surface area contributed by atoms with Gasteiger partial charge in [-0.25, -0.2) is 14.6 Å². The molecule has 2 aromatic rings. The molecule has 0 atom stereocenters. The molecule has 7 nitrogen and oxygen atoms in total. The number of rotatable bonds is 4. The summed E-state index contributed by atoms with van der Waals surface area (Å²) in [6.45, 7) is 6.84. The van der Waals surface area contributed by atoms with E-state index in [0.29, 0.717) is 4.47 Å². The second kappa shape index (κ2) is 6.33. The maximum atomic E-state index is 12.5. The number of carboxylic acids is 1. The number of aromatic carboxylic acids is 1. The zero-order chi connectivity index (χ0) is 17.3. The third-order valence-corrected chi connectivity index (χ3v) is 3.52. The summed E-state index contributed by atoms with van der Waals surface area (Å²) in [5, 5.41) is 9.51. The summed E-state index contributed by atoms with van der Waals surface area (Å²) >= 11 is 3.20. The second-order valence-electron chi connectivity index (χ2n) is 4.75. The molecule has 1 N–H and O–H groups in total. The molecule has 0 spiro atoms. The van der Waals surface area contributed by atoms with Crippen LogP contribution in [0.15, 0.2) is 33.7 Å². The van der Waals surface area contributed by atoms with Crippen molar-refractivity contribution in [3.05, 3.63) is 44.7 Å². The first-order chi connectivity index (χ1) is 10.8. The molecule has 0 saturated carbocycles. The number of hydrogen-bond donors (Lipinski definition) is 1. The number of aryl methyl sites for hydroxylation is 1. The lowest BCUT2D eigenvalue weighted by atomic mass is 10.1. The van der Waals surface area contributed by atoms with E-state index in [1.54, 1.807) is 6.92 Å². The first kappa shape index (κ1) is 16.9. The van der Waals surface area contributed by atoms with E-state index in [2.05, 4.69) is 27.5 Å². The molecule has 8 heteroatoms. The molecule has 0 fully saturated rings. The number of halogens is 1. The van der Waals surface area contributed by atoms with E-state index in [1.165, 1.54) is 23.8 Å². The first-order valence-corrected chi connectivity index (χ1v) is 7.40. The van der Waals surface area contributed by atoms with Crippen LogP contribution in [0.3, 0.4) is 0 Å². The highest BCUT2D eigenvalue weighted by Gasteiger charge is 2.25. The Balaban J connectivity index is 2.93. The number of carbonyl (C=O) groups is 2. The summed E-state index contributed by atoms with van der Waals surface area (Å²) in [4.78, 5) is 40.0. The summed E-state index contributed by atoms with van der Waals surface area (Å²) in [5.74, 6) is -2.64. The average Bonchev–Trinajstić information content (AvgIpc) is 2.47. The SMILES string of the molecule is C=C(C)C(=O)Oc1c(C(=O)O)c(=O)c2cc(Br)cnc2n1CC. The Bertz CT molecular complexity index is 901. The van der Waals surface area contributed by atoms with Gasteiger partial charge in [0.2, 0.25) is 11.3 Å². The van der Waals surface area contributed by atoms with E-state index in [1.807, 2.05) is 0 Å². The number of fused-ring (bicyclic) bond motifs is 1. The molecular weight excluding hydrogens is 368 g/mol. The van der Waals surface area contributed by atoms with Crippen molar-refractivity contribution in [3.8, 4) is 5.88 Å². The van der Waals surface area contributed by atoms with Crippen LogP contribution in [-0.4, -0.2) is 26.6 Å². The molecule has 0 unspecified atom stereocenters. The van der Waals surface area contributed by atoms with E-state index in [0.717, 1.165) is 0 Å². The Morgan fingerprint density at radius 2 is 2.13 bits per heavy atom. The van der Waals surface area contributed by atoms with Crippen molar-refractivity contribution in [2.75, 3.05) is 0 Å². The van der Waals surface area contributed by atoms with Crippen LogP contribution in [0.4, 0.5) is 0 Å². The molecule has 2 heterocycles. The lowest BCUT2D eigenvalue weighted by Gasteiger charge is -2.16. The van der Waals surface area contributed by atoms with Crippen molar-refractivity contribution in [2.24, 2.45) is 0 Å². The van der Waals surface area contributed by atoms with Crippen LogP contribution in [0.1, 0.15) is 24.2 Å². The van der Waals surface area contributed by atoms with Gasteiger partial charge in [0.25, 0.3) is 0 Å². The third-order valence-electron chi connectivity index (χ3n) is 3.09. The zero-order valence-electron chi connectivity index (χ0n) is 12.4. The van der Waals surface area contributed by atoms with Crippen LogP contribution in [0, 0.1) is 0 Å². The topological polar surface area (TPSA) is 98.5 Å². The molecule has 0 aliphatic carbocycles. The number of carbonyl (C=O) groups excluding carboxylic acids is 1. The van der Waals surface area contributed by atoms with Crippen molar-refractivity contribution >= 4 is 38.9 Å². The Hall–Kier alpha value is -2.48. The van der Waals surface area contributed by atoms with Gasteiger partial charge in [-0.3, -0.25) is 9.36 Å². The minimum absolute atomic E-state index is 0.0836. The minimum atomic E-state index is -1.48. The van der Waals surface area contributed by atoms with Gasteiger partial charge < -0.3 is 9.84 Å². The lowest BCUT2D eigenvalue weighted by molar-refractivity contribution is -0.130. The summed E-state index contributed by atoms with van der Waals surface area (Å²) in [6.07, 6.45) is 1.47. The van der Waals surface area contributed by atoms with Crippen molar-refractivity contribution in [1.29, 1.82) is 0 Å². The molecule has 2 rings (SSSR count). The van der Waals surface area contributed by atoms with Crippen LogP contribution in [0.5, 0.6) is 5.88 Å². The number of esters is 1. The predicted molar refractivity (Wildman–Crippen MR) is 86.8 cm³/mol. The van der Waals surface area contributed by atoms with Crippen LogP contribution in [0.25, 0.3) is 11.0 Å². The number of pyridine rings is 2. The van der Waals surface area contributed by atoms with Crippen molar-refractivity contribution in [1.82, 2.24) is 9.55 Å². The number of nitrogens with zero attached hydrogens (tertiary/aromatic N) is 2. The first-order valence-electron chi connectivity index (χ1n) is 6.61. The Morgan fingerprint density at radius 1 is 1.48 bits per heavy atom. The zero-order valence-corrected chi connectivity index (χ0v) is 14.0. The molecule has 0 saturated heterocycles. The molecule has 0 aliphatic heterocycles. The Kier molecular flexibility index (Phi) is 4.65. The fourth-order valence-corrected chi connectivity index (χ4v) is 2.37. The number of ether oxygens (including phenoxy) is 1. The Morgan fingerprint density at radius 3 is 2.65 bits per heavy atom. The molecule has 0 bridgehead atoms. The smallest absolute Gasteiger partial charge is 0.345 e. The average molecular weight is 381 g/mol. The van der Waals surface area contributed by atoms with Gasteiger partial charge in [0.15, 0.2) is 5.56 Å². The summed E-state index contributed by atoms with van der Waals surface area (Å²) in [7, 11) is 0.